The highest BCUT2D eigenvalue weighted by Gasteiger charge is 2.37. The molecule has 0 saturated carbocycles. The fourth-order valence-electron chi connectivity index (χ4n) is 4.60. The number of halogens is 1. The Morgan fingerprint density at radius 3 is 2.68 bits per heavy atom. The smallest absolute Gasteiger partial charge is 0.318 e. The van der Waals surface area contributed by atoms with Gasteiger partial charge in [0.05, 0.1) is 6.04 Å². The van der Waals surface area contributed by atoms with Crippen LogP contribution in [0.15, 0.2) is 48.5 Å². The van der Waals surface area contributed by atoms with Crippen molar-refractivity contribution in [3.8, 4) is 0 Å². The molecule has 1 saturated heterocycles. The second-order valence-electron chi connectivity index (χ2n) is 8.57. The van der Waals surface area contributed by atoms with Crippen LogP contribution in [0, 0.1) is 0 Å². The van der Waals surface area contributed by atoms with E-state index in [9.17, 15) is 9.59 Å². The maximum Gasteiger partial charge on any atom is 0.318 e. The standard InChI is InChI=1S/C24H29ClN4O2/c1-27-15-18-6-3-4-7-20(18)21(16-27)26-24(31)29-13-5-8-22(29)23(30)28(2)14-17-9-11-19(25)12-10-17/h3-4,6-7,9-12,21-22H,5,8,13-16H2,1-2H3,(H,26,31)/t21?,22-/m1/s1. The second kappa shape index (κ2) is 9.28. The van der Waals surface area contributed by atoms with Crippen molar-refractivity contribution in [3.05, 3.63) is 70.2 Å². The first-order valence-electron chi connectivity index (χ1n) is 10.8. The van der Waals surface area contributed by atoms with Crippen molar-refractivity contribution in [2.45, 2.75) is 38.0 Å². The first kappa shape index (κ1) is 21.7. The quantitative estimate of drug-likeness (QED) is 0.789. The summed E-state index contributed by atoms with van der Waals surface area (Å²) in [6.07, 6.45) is 1.53. The van der Waals surface area contributed by atoms with Crippen LogP contribution < -0.4 is 5.32 Å². The molecular formula is C24H29ClN4O2. The number of fused-ring (bicyclic) bond motifs is 1. The van der Waals surface area contributed by atoms with Gasteiger partial charge in [0.25, 0.3) is 0 Å². The predicted molar refractivity (Wildman–Crippen MR) is 122 cm³/mol. The average Bonchev–Trinajstić information content (AvgIpc) is 3.24. The second-order valence-corrected chi connectivity index (χ2v) is 9.01. The Balaban J connectivity index is 1.42. The molecule has 1 unspecified atom stereocenters. The minimum atomic E-state index is -0.422. The molecule has 31 heavy (non-hydrogen) atoms. The first-order valence-corrected chi connectivity index (χ1v) is 11.1. The molecule has 2 aliphatic rings. The number of benzene rings is 2. The number of amides is 3. The number of nitrogens with one attached hydrogen (secondary N) is 1. The summed E-state index contributed by atoms with van der Waals surface area (Å²) >= 11 is 5.95. The van der Waals surface area contributed by atoms with Crippen LogP contribution in [0.25, 0.3) is 0 Å². The number of likely N-dealkylation sites (N-methyl/N-ethyl adjacent to an activating group) is 2. The van der Waals surface area contributed by atoms with Crippen LogP contribution in [0.5, 0.6) is 0 Å². The Labute approximate surface area is 188 Å². The van der Waals surface area contributed by atoms with Crippen LogP contribution in [0.4, 0.5) is 4.79 Å². The Bertz CT molecular complexity index is 949. The number of carbonyl (C=O) groups is 2. The summed E-state index contributed by atoms with van der Waals surface area (Å²) in [4.78, 5) is 31.9. The van der Waals surface area contributed by atoms with Gasteiger partial charge in [0.1, 0.15) is 6.04 Å². The minimum Gasteiger partial charge on any atom is -0.340 e. The van der Waals surface area contributed by atoms with Crippen LogP contribution in [0.1, 0.15) is 35.6 Å². The van der Waals surface area contributed by atoms with E-state index in [0.717, 1.165) is 30.6 Å². The Kier molecular flexibility index (Phi) is 6.49. The van der Waals surface area contributed by atoms with E-state index >= 15 is 0 Å². The van der Waals surface area contributed by atoms with Gasteiger partial charge in [0.15, 0.2) is 0 Å². The Morgan fingerprint density at radius 2 is 1.90 bits per heavy atom. The molecule has 0 aromatic heterocycles. The van der Waals surface area contributed by atoms with Crippen molar-refractivity contribution < 1.29 is 9.59 Å². The molecule has 1 N–H and O–H groups in total. The van der Waals surface area contributed by atoms with E-state index in [2.05, 4.69) is 29.4 Å². The fraction of sp³-hybridized carbons (Fsp3) is 0.417. The van der Waals surface area contributed by atoms with Gasteiger partial charge in [-0.15, -0.1) is 0 Å². The highest BCUT2D eigenvalue weighted by atomic mass is 35.5. The summed E-state index contributed by atoms with van der Waals surface area (Å²) in [6, 6.07) is 15.1. The third-order valence-corrected chi connectivity index (χ3v) is 6.42. The van der Waals surface area contributed by atoms with Crippen LogP contribution in [-0.2, 0) is 17.9 Å². The summed E-state index contributed by atoms with van der Waals surface area (Å²) in [6.45, 7) is 2.72. The van der Waals surface area contributed by atoms with E-state index in [0.29, 0.717) is 24.5 Å². The summed E-state index contributed by atoms with van der Waals surface area (Å²) < 4.78 is 0. The van der Waals surface area contributed by atoms with Gasteiger partial charge in [-0.3, -0.25) is 9.69 Å². The number of rotatable bonds is 4. The molecule has 2 heterocycles. The Hall–Kier alpha value is -2.57. The zero-order chi connectivity index (χ0) is 22.0. The van der Waals surface area contributed by atoms with Gasteiger partial charge < -0.3 is 15.1 Å². The number of likely N-dealkylation sites (tertiary alicyclic amines) is 1. The highest BCUT2D eigenvalue weighted by molar-refractivity contribution is 6.30. The lowest BCUT2D eigenvalue weighted by atomic mass is 9.96. The molecule has 0 radical (unpaired) electrons. The predicted octanol–water partition coefficient (Wildman–Crippen LogP) is 3.66. The molecule has 3 amide bonds. The topological polar surface area (TPSA) is 55.9 Å². The summed E-state index contributed by atoms with van der Waals surface area (Å²) in [5.41, 5.74) is 3.41. The van der Waals surface area contributed by atoms with Gasteiger partial charge >= 0.3 is 6.03 Å². The lowest BCUT2D eigenvalue weighted by Gasteiger charge is -2.35. The lowest BCUT2D eigenvalue weighted by molar-refractivity contribution is -0.134. The van der Waals surface area contributed by atoms with Crippen molar-refractivity contribution in [2.75, 3.05) is 27.2 Å². The van der Waals surface area contributed by atoms with E-state index in [4.69, 9.17) is 11.6 Å². The molecular weight excluding hydrogens is 412 g/mol. The number of urea groups is 1. The third-order valence-electron chi connectivity index (χ3n) is 6.17. The normalized spacial score (nSPS) is 20.9. The maximum atomic E-state index is 13.2. The third kappa shape index (κ3) is 4.86. The molecule has 2 aromatic rings. The van der Waals surface area contributed by atoms with Crippen molar-refractivity contribution in [2.24, 2.45) is 0 Å². The summed E-state index contributed by atoms with van der Waals surface area (Å²) in [5, 5.41) is 3.86. The zero-order valence-electron chi connectivity index (χ0n) is 18.1. The summed E-state index contributed by atoms with van der Waals surface area (Å²) in [7, 11) is 3.85. The molecule has 0 bridgehead atoms. The minimum absolute atomic E-state index is 0.0243. The largest absolute Gasteiger partial charge is 0.340 e. The lowest BCUT2D eigenvalue weighted by Crippen LogP contribution is -2.51. The van der Waals surface area contributed by atoms with Gasteiger partial charge in [-0.1, -0.05) is 48.0 Å². The van der Waals surface area contributed by atoms with Gasteiger partial charge in [-0.2, -0.15) is 0 Å². The maximum absolute atomic E-state index is 13.2. The number of hydrogen-bond donors (Lipinski definition) is 1. The number of carbonyl (C=O) groups excluding carboxylic acids is 2. The average molecular weight is 441 g/mol. The zero-order valence-corrected chi connectivity index (χ0v) is 18.8. The van der Waals surface area contributed by atoms with Crippen molar-refractivity contribution in [1.82, 2.24) is 20.0 Å². The van der Waals surface area contributed by atoms with Gasteiger partial charge in [-0.25, -0.2) is 4.79 Å². The SMILES string of the molecule is CN1Cc2ccccc2C(NC(=O)N2CCC[C@@H]2C(=O)N(C)Cc2ccc(Cl)cc2)C1. The van der Waals surface area contributed by atoms with Crippen molar-refractivity contribution in [3.63, 3.8) is 0 Å². The van der Waals surface area contributed by atoms with E-state index in [1.165, 1.54) is 5.56 Å². The molecule has 1 fully saturated rings. The molecule has 7 heteroatoms. The van der Waals surface area contributed by atoms with Gasteiger partial charge in [0.2, 0.25) is 5.91 Å². The van der Waals surface area contributed by atoms with E-state index < -0.39 is 6.04 Å². The van der Waals surface area contributed by atoms with Crippen LogP contribution >= 0.6 is 11.6 Å². The monoisotopic (exact) mass is 440 g/mol. The van der Waals surface area contributed by atoms with E-state index in [1.807, 2.05) is 36.4 Å². The Morgan fingerprint density at radius 1 is 1.16 bits per heavy atom. The van der Waals surface area contributed by atoms with Crippen LogP contribution in [0.2, 0.25) is 5.02 Å². The molecule has 2 aliphatic heterocycles. The molecule has 0 spiro atoms. The van der Waals surface area contributed by atoms with Crippen molar-refractivity contribution in [1.29, 1.82) is 0 Å². The van der Waals surface area contributed by atoms with Gasteiger partial charge in [-0.05, 0) is 48.7 Å². The van der Waals surface area contributed by atoms with Crippen LogP contribution in [0.3, 0.4) is 0 Å². The number of nitrogens with zero attached hydrogens (tertiary/aromatic N) is 3. The van der Waals surface area contributed by atoms with Crippen LogP contribution in [-0.4, -0.2) is 59.9 Å². The first-order chi connectivity index (χ1) is 14.9. The van der Waals surface area contributed by atoms with Gasteiger partial charge in [0, 0.05) is 38.2 Å². The fourth-order valence-corrected chi connectivity index (χ4v) is 4.73. The molecule has 164 valence electrons. The molecule has 6 nitrogen and oxygen atoms in total. The van der Waals surface area contributed by atoms with E-state index in [-0.39, 0.29) is 18.0 Å². The van der Waals surface area contributed by atoms with Crippen molar-refractivity contribution >= 4 is 23.5 Å². The summed E-state index contributed by atoms with van der Waals surface area (Å²) in [5.74, 6) is -0.0243. The highest BCUT2D eigenvalue weighted by Crippen LogP contribution is 2.27. The molecule has 4 rings (SSSR count). The van der Waals surface area contributed by atoms with E-state index in [1.54, 1.807) is 16.8 Å². The molecule has 2 aromatic carbocycles. The molecule has 2 atom stereocenters. The molecule has 0 aliphatic carbocycles. The number of hydrogen-bond acceptors (Lipinski definition) is 3.